The molecule has 2 amide bonds. The Balaban J connectivity index is 2.44. The second-order valence-electron chi connectivity index (χ2n) is 10.4. The number of ketones is 2. The van der Waals surface area contributed by atoms with Crippen molar-refractivity contribution in [3.8, 4) is 0 Å². The number of nitrogens with one attached hydrogen (secondary N) is 2. The molecule has 0 spiro atoms. The van der Waals surface area contributed by atoms with E-state index in [-0.39, 0.29) is 34.6 Å². The largest absolute Gasteiger partial charge is 0.439 e. The molecule has 0 fully saturated rings. The maximum atomic E-state index is 13.5. The van der Waals surface area contributed by atoms with E-state index in [2.05, 4.69) is 10.6 Å². The van der Waals surface area contributed by atoms with Crippen LogP contribution in [0.25, 0.3) is 0 Å². The maximum Gasteiger partial charge on any atom is 0.405 e. The number of hydrogen-bond acceptors (Lipinski definition) is 9. The molecule has 2 rings (SSSR count). The van der Waals surface area contributed by atoms with Crippen LogP contribution in [0.3, 0.4) is 0 Å². The highest BCUT2D eigenvalue weighted by atomic mass is 16.6. The average molecular weight is 573 g/mol. The van der Waals surface area contributed by atoms with Crippen LogP contribution in [0.15, 0.2) is 58.5 Å². The fourth-order valence-corrected chi connectivity index (χ4v) is 4.58. The third kappa shape index (κ3) is 10.4. The molecule has 41 heavy (non-hydrogen) atoms. The van der Waals surface area contributed by atoms with Crippen molar-refractivity contribution in [1.29, 1.82) is 0 Å². The highest BCUT2D eigenvalue weighted by Gasteiger charge is 2.30. The van der Waals surface area contributed by atoms with Gasteiger partial charge in [-0.3, -0.25) is 14.4 Å². The summed E-state index contributed by atoms with van der Waals surface area (Å²) in [4.78, 5) is 53.1. The van der Waals surface area contributed by atoms with E-state index in [0.29, 0.717) is 50.8 Å². The Morgan fingerprint density at radius 1 is 1.15 bits per heavy atom. The fourth-order valence-electron chi connectivity index (χ4n) is 4.58. The Morgan fingerprint density at radius 2 is 1.88 bits per heavy atom. The van der Waals surface area contributed by atoms with Gasteiger partial charge in [-0.2, -0.15) is 0 Å². The molecule has 0 aromatic heterocycles. The van der Waals surface area contributed by atoms with Crippen LogP contribution in [-0.4, -0.2) is 88.2 Å². The molecule has 3 unspecified atom stereocenters. The summed E-state index contributed by atoms with van der Waals surface area (Å²) in [6.07, 6.45) is 8.38. The number of primary amides is 1. The molecule has 1 aliphatic carbocycles. The number of nitrogens with zero attached hydrogens (tertiary/aromatic N) is 1. The summed E-state index contributed by atoms with van der Waals surface area (Å²) in [7, 11) is 6.96. The van der Waals surface area contributed by atoms with Gasteiger partial charge in [0, 0.05) is 44.5 Å². The molecule has 0 aromatic rings. The summed E-state index contributed by atoms with van der Waals surface area (Å²) in [5, 5.41) is 5.74. The average Bonchev–Trinajstić information content (AvgIpc) is 2.91. The first kappa shape index (κ1) is 33.7. The van der Waals surface area contributed by atoms with Gasteiger partial charge in [-0.15, -0.1) is 0 Å². The van der Waals surface area contributed by atoms with E-state index in [0.717, 1.165) is 5.57 Å². The summed E-state index contributed by atoms with van der Waals surface area (Å²) in [5.41, 5.74) is 6.94. The monoisotopic (exact) mass is 572 g/mol. The molecule has 11 heteroatoms. The number of carbonyl (C=O) groups is 4. The second kappa shape index (κ2) is 16.7. The first-order valence-electron chi connectivity index (χ1n) is 13.8. The number of likely N-dealkylation sites (N-methyl/N-ethyl adjacent to an activating group) is 1. The van der Waals surface area contributed by atoms with Crippen molar-refractivity contribution in [1.82, 2.24) is 15.5 Å². The lowest BCUT2D eigenvalue weighted by atomic mass is 9.91. The van der Waals surface area contributed by atoms with Crippen LogP contribution in [0.5, 0.6) is 0 Å². The minimum Gasteiger partial charge on any atom is -0.439 e. The molecule has 1 heterocycles. The fraction of sp³-hybridized carbons (Fsp3) is 0.533. The quantitative estimate of drug-likeness (QED) is 0.309. The molecule has 226 valence electrons. The van der Waals surface area contributed by atoms with E-state index in [1.54, 1.807) is 32.3 Å². The van der Waals surface area contributed by atoms with E-state index in [1.165, 1.54) is 13.2 Å². The number of nitrogens with two attached hydrogens (primary N) is 1. The molecule has 1 aliphatic heterocycles. The van der Waals surface area contributed by atoms with E-state index in [1.807, 2.05) is 32.0 Å². The van der Waals surface area contributed by atoms with Crippen molar-refractivity contribution in [2.24, 2.45) is 5.73 Å². The number of amides is 2. The minimum absolute atomic E-state index is 0.0596. The number of rotatable bonds is 7. The van der Waals surface area contributed by atoms with Gasteiger partial charge in [-0.25, -0.2) is 4.79 Å². The normalized spacial score (nSPS) is 26.9. The first-order chi connectivity index (χ1) is 19.5. The lowest BCUT2D eigenvalue weighted by Gasteiger charge is -2.24. The van der Waals surface area contributed by atoms with Gasteiger partial charge in [0.15, 0.2) is 6.10 Å². The number of hydrogen-bond donors (Lipinski definition) is 3. The van der Waals surface area contributed by atoms with E-state index in [4.69, 9.17) is 19.9 Å². The van der Waals surface area contributed by atoms with Crippen molar-refractivity contribution >= 4 is 23.6 Å². The van der Waals surface area contributed by atoms with E-state index < -0.39 is 24.2 Å². The number of fused-ring (bicyclic) bond motifs is 2. The lowest BCUT2D eigenvalue weighted by Crippen LogP contribution is -2.37. The number of allylic oxidation sites excluding steroid dienone is 5. The number of Topliss-reactive ketones (excluding diaryl/α,β-unsaturated/α-hetero) is 1. The number of carbonyl (C=O) groups excluding carboxylic acids is 4. The zero-order valence-electron chi connectivity index (χ0n) is 25.0. The topological polar surface area (TPSA) is 149 Å². The molecular formula is C30H44N4O7. The summed E-state index contributed by atoms with van der Waals surface area (Å²) in [6, 6.07) is 0. The van der Waals surface area contributed by atoms with Crippen LogP contribution >= 0.6 is 0 Å². The molecule has 0 saturated heterocycles. The van der Waals surface area contributed by atoms with Gasteiger partial charge in [0.25, 0.3) is 5.91 Å². The van der Waals surface area contributed by atoms with Gasteiger partial charge in [-0.1, -0.05) is 24.3 Å². The van der Waals surface area contributed by atoms with E-state index >= 15 is 0 Å². The smallest absolute Gasteiger partial charge is 0.405 e. The standard InChI is InChI=1S/C30H44N4O7/c1-19-10-7-12-21(39-5)13-9-14-22-26(32-16-17-34(3)4)24(35)18-23(27(22)36)33-29(37)20(2)11-8-15-25(40-6)28(19)41-30(31)38/h8,10-11,15,18,21,25,28,32H,7,9,12-14,16-17H2,1-6H3,(H2,31,38)(H,33,37)/b15-8-,19-10+,20-11+. The van der Waals surface area contributed by atoms with Crippen molar-refractivity contribution < 1.29 is 33.4 Å². The van der Waals surface area contributed by atoms with Gasteiger partial charge in [0.05, 0.1) is 17.5 Å². The molecule has 0 saturated carbocycles. The van der Waals surface area contributed by atoms with Gasteiger partial charge < -0.3 is 35.5 Å². The maximum absolute atomic E-state index is 13.5. The predicted molar refractivity (Wildman–Crippen MR) is 156 cm³/mol. The Morgan fingerprint density at radius 3 is 2.51 bits per heavy atom. The van der Waals surface area contributed by atoms with Crippen LogP contribution in [0, 0.1) is 0 Å². The third-order valence-electron chi connectivity index (χ3n) is 6.96. The van der Waals surface area contributed by atoms with Gasteiger partial charge in [0.1, 0.15) is 6.10 Å². The summed E-state index contributed by atoms with van der Waals surface area (Å²) < 4.78 is 16.6. The van der Waals surface area contributed by atoms with E-state index in [9.17, 15) is 19.2 Å². The zero-order chi connectivity index (χ0) is 30.5. The first-order valence-corrected chi connectivity index (χ1v) is 13.8. The molecular weight excluding hydrogens is 528 g/mol. The van der Waals surface area contributed by atoms with Gasteiger partial charge in [0.2, 0.25) is 11.6 Å². The highest BCUT2D eigenvalue weighted by molar-refractivity contribution is 6.23. The molecule has 4 N–H and O–H groups in total. The molecule has 3 atom stereocenters. The summed E-state index contributed by atoms with van der Waals surface area (Å²) in [5.74, 6) is -1.27. The van der Waals surface area contributed by atoms with Crippen LogP contribution < -0.4 is 16.4 Å². The molecule has 2 bridgehead atoms. The highest BCUT2D eigenvalue weighted by Crippen LogP contribution is 2.24. The predicted octanol–water partition coefficient (Wildman–Crippen LogP) is 2.45. The van der Waals surface area contributed by atoms with Crippen LogP contribution in [0.1, 0.15) is 46.0 Å². The van der Waals surface area contributed by atoms with Crippen molar-refractivity contribution in [2.75, 3.05) is 41.4 Å². The van der Waals surface area contributed by atoms with Crippen LogP contribution in [0.4, 0.5) is 4.79 Å². The lowest BCUT2D eigenvalue weighted by molar-refractivity contribution is -0.120. The molecule has 11 nitrogen and oxygen atoms in total. The number of methoxy groups -OCH3 is 2. The molecule has 0 radical (unpaired) electrons. The summed E-state index contributed by atoms with van der Waals surface area (Å²) >= 11 is 0. The van der Waals surface area contributed by atoms with Gasteiger partial charge >= 0.3 is 6.09 Å². The van der Waals surface area contributed by atoms with Crippen molar-refractivity contribution in [2.45, 2.75) is 64.3 Å². The Bertz CT molecular complexity index is 1130. The Labute approximate surface area is 242 Å². The minimum atomic E-state index is -0.930. The van der Waals surface area contributed by atoms with Crippen molar-refractivity contribution in [3.63, 3.8) is 0 Å². The number of ether oxygens (including phenoxy) is 3. The molecule has 0 aromatic carbocycles. The Hall–Kier alpha value is -3.54. The zero-order valence-corrected chi connectivity index (χ0v) is 25.0. The van der Waals surface area contributed by atoms with Crippen LogP contribution in [-0.2, 0) is 28.6 Å². The molecule has 2 aliphatic rings. The van der Waals surface area contributed by atoms with Crippen LogP contribution in [0.2, 0.25) is 0 Å². The van der Waals surface area contributed by atoms with Gasteiger partial charge in [-0.05, 0) is 65.6 Å². The third-order valence-corrected chi connectivity index (χ3v) is 6.96. The Kier molecular flexibility index (Phi) is 13.7. The SMILES string of the molecule is COC1CC/C=C(\C)C(OC(N)=O)C(OC)/C=C\C=C(/C)C(=O)NC2=CC(=O)C(NCCN(C)C)=C(CCC1)C2=O. The second-order valence-corrected chi connectivity index (χ2v) is 10.4. The van der Waals surface area contributed by atoms with Crippen molar-refractivity contribution in [3.05, 3.63) is 58.5 Å². The summed E-state index contributed by atoms with van der Waals surface area (Å²) in [6.45, 7) is 4.58.